The van der Waals surface area contributed by atoms with Gasteiger partial charge in [-0.05, 0) is 12.1 Å². The van der Waals surface area contributed by atoms with Gasteiger partial charge in [-0.2, -0.15) is 5.10 Å². The van der Waals surface area contributed by atoms with Gasteiger partial charge in [0.1, 0.15) is 17.2 Å². The summed E-state index contributed by atoms with van der Waals surface area (Å²) in [6, 6.07) is 5.34. The molecule has 2 aromatic heterocycles. The maximum Gasteiger partial charge on any atom is 0.130 e. The highest BCUT2D eigenvalue weighted by molar-refractivity contribution is 6.39. The molecule has 2 heterocycles. The fourth-order valence-corrected chi connectivity index (χ4v) is 2.82. The standard InChI is InChI=1S/C14H13Cl2N5/c1-20-6-10(18-7-20)13-12(14(17)21(2)19-13)11-8(15)4-3-5-9(11)16/h3-7H,17H2,1-2H3. The van der Waals surface area contributed by atoms with Crippen LogP contribution in [0.4, 0.5) is 5.82 Å². The third kappa shape index (κ3) is 2.28. The van der Waals surface area contributed by atoms with Gasteiger partial charge in [-0.15, -0.1) is 0 Å². The average molecular weight is 322 g/mol. The van der Waals surface area contributed by atoms with Crippen molar-refractivity contribution in [1.29, 1.82) is 0 Å². The summed E-state index contributed by atoms with van der Waals surface area (Å²) in [5.74, 6) is 0.491. The van der Waals surface area contributed by atoms with Crippen molar-refractivity contribution in [2.75, 3.05) is 5.73 Å². The van der Waals surface area contributed by atoms with Crippen molar-refractivity contribution in [3.05, 3.63) is 40.8 Å². The van der Waals surface area contributed by atoms with Gasteiger partial charge in [0.25, 0.3) is 0 Å². The Labute approximate surface area is 131 Å². The van der Waals surface area contributed by atoms with E-state index in [0.717, 1.165) is 5.69 Å². The van der Waals surface area contributed by atoms with E-state index in [0.29, 0.717) is 32.7 Å². The van der Waals surface area contributed by atoms with Gasteiger partial charge in [0.15, 0.2) is 0 Å². The van der Waals surface area contributed by atoms with Crippen LogP contribution in [-0.4, -0.2) is 19.3 Å². The minimum atomic E-state index is 0.491. The molecule has 0 aliphatic carbocycles. The maximum atomic E-state index is 6.31. The van der Waals surface area contributed by atoms with Crippen molar-refractivity contribution in [1.82, 2.24) is 19.3 Å². The lowest BCUT2D eigenvalue weighted by Crippen LogP contribution is -1.98. The van der Waals surface area contributed by atoms with Gasteiger partial charge < -0.3 is 10.3 Å². The predicted octanol–water partition coefficient (Wildman–Crippen LogP) is 3.38. The Morgan fingerprint density at radius 1 is 1.10 bits per heavy atom. The van der Waals surface area contributed by atoms with E-state index < -0.39 is 0 Å². The van der Waals surface area contributed by atoms with Crippen molar-refractivity contribution in [2.45, 2.75) is 0 Å². The van der Waals surface area contributed by atoms with Crippen LogP contribution >= 0.6 is 23.2 Å². The third-order valence-corrected chi connectivity index (χ3v) is 3.88. The molecule has 3 rings (SSSR count). The predicted molar refractivity (Wildman–Crippen MR) is 85.3 cm³/mol. The summed E-state index contributed by atoms with van der Waals surface area (Å²) in [5, 5.41) is 5.51. The monoisotopic (exact) mass is 321 g/mol. The number of nitrogen functional groups attached to an aromatic ring is 1. The Hall–Kier alpha value is -1.98. The number of halogens is 2. The quantitative estimate of drug-likeness (QED) is 0.787. The van der Waals surface area contributed by atoms with Crippen LogP contribution in [0.15, 0.2) is 30.7 Å². The number of aryl methyl sites for hydroxylation is 2. The molecule has 0 aliphatic heterocycles. The molecule has 0 amide bonds. The Morgan fingerprint density at radius 2 is 1.76 bits per heavy atom. The highest BCUT2D eigenvalue weighted by Gasteiger charge is 2.22. The molecule has 2 N–H and O–H groups in total. The van der Waals surface area contributed by atoms with Crippen LogP contribution in [0.3, 0.4) is 0 Å². The number of benzene rings is 1. The van der Waals surface area contributed by atoms with E-state index in [1.165, 1.54) is 0 Å². The van der Waals surface area contributed by atoms with Crippen LogP contribution in [0.1, 0.15) is 0 Å². The largest absolute Gasteiger partial charge is 0.383 e. The molecule has 0 spiro atoms. The van der Waals surface area contributed by atoms with E-state index in [1.54, 1.807) is 36.3 Å². The van der Waals surface area contributed by atoms with Gasteiger partial charge in [-0.3, -0.25) is 4.68 Å². The number of imidazole rings is 1. The molecule has 108 valence electrons. The minimum Gasteiger partial charge on any atom is -0.383 e. The molecule has 0 aliphatic rings. The fraction of sp³-hybridized carbons (Fsp3) is 0.143. The minimum absolute atomic E-state index is 0.491. The van der Waals surface area contributed by atoms with Crippen molar-refractivity contribution in [3.63, 3.8) is 0 Å². The summed E-state index contributed by atoms with van der Waals surface area (Å²) in [4.78, 5) is 4.33. The second-order valence-corrected chi connectivity index (χ2v) is 5.57. The molecular formula is C14H13Cl2N5. The normalized spacial score (nSPS) is 11.0. The first-order valence-electron chi connectivity index (χ1n) is 6.24. The molecule has 0 saturated carbocycles. The highest BCUT2D eigenvalue weighted by Crippen LogP contribution is 2.42. The van der Waals surface area contributed by atoms with E-state index in [1.807, 2.05) is 17.8 Å². The number of nitrogens with zero attached hydrogens (tertiary/aromatic N) is 4. The number of aromatic nitrogens is 4. The van der Waals surface area contributed by atoms with Gasteiger partial charge in [0, 0.05) is 25.9 Å². The van der Waals surface area contributed by atoms with Crippen LogP contribution in [0.2, 0.25) is 10.0 Å². The van der Waals surface area contributed by atoms with Crippen molar-refractivity contribution in [2.24, 2.45) is 14.1 Å². The lowest BCUT2D eigenvalue weighted by molar-refractivity contribution is 0.781. The number of hydrogen-bond acceptors (Lipinski definition) is 3. The molecule has 0 atom stereocenters. The summed E-state index contributed by atoms with van der Waals surface area (Å²) in [6.45, 7) is 0. The van der Waals surface area contributed by atoms with Crippen LogP contribution in [0.25, 0.3) is 22.5 Å². The Bertz CT molecular complexity index is 799. The molecule has 0 bridgehead atoms. The second-order valence-electron chi connectivity index (χ2n) is 4.75. The highest BCUT2D eigenvalue weighted by atomic mass is 35.5. The maximum absolute atomic E-state index is 6.31. The van der Waals surface area contributed by atoms with Gasteiger partial charge in [0.05, 0.1) is 21.9 Å². The smallest absolute Gasteiger partial charge is 0.130 e. The topological polar surface area (TPSA) is 61.7 Å². The first kappa shape index (κ1) is 14.0. The van der Waals surface area contributed by atoms with E-state index in [4.69, 9.17) is 28.9 Å². The summed E-state index contributed by atoms with van der Waals surface area (Å²) in [6.07, 6.45) is 3.58. The summed E-state index contributed by atoms with van der Waals surface area (Å²) >= 11 is 12.6. The van der Waals surface area contributed by atoms with Gasteiger partial charge in [-0.1, -0.05) is 29.3 Å². The SMILES string of the molecule is Cn1cnc(-c2nn(C)c(N)c2-c2c(Cl)cccc2Cl)c1. The zero-order chi connectivity index (χ0) is 15.1. The van der Waals surface area contributed by atoms with Crippen LogP contribution in [0, 0.1) is 0 Å². The number of rotatable bonds is 2. The van der Waals surface area contributed by atoms with Crippen molar-refractivity contribution >= 4 is 29.0 Å². The summed E-state index contributed by atoms with van der Waals surface area (Å²) < 4.78 is 3.44. The lowest BCUT2D eigenvalue weighted by Gasteiger charge is -2.07. The molecule has 7 heteroatoms. The zero-order valence-corrected chi connectivity index (χ0v) is 13.0. The Kier molecular flexibility index (Phi) is 3.39. The van der Waals surface area contributed by atoms with Crippen LogP contribution < -0.4 is 5.73 Å². The first-order valence-corrected chi connectivity index (χ1v) is 7.00. The molecule has 0 radical (unpaired) electrons. The molecule has 21 heavy (non-hydrogen) atoms. The molecule has 5 nitrogen and oxygen atoms in total. The Morgan fingerprint density at radius 3 is 2.33 bits per heavy atom. The van der Waals surface area contributed by atoms with Crippen molar-refractivity contribution in [3.8, 4) is 22.5 Å². The third-order valence-electron chi connectivity index (χ3n) is 3.25. The van der Waals surface area contributed by atoms with E-state index in [2.05, 4.69) is 10.1 Å². The fourth-order valence-electron chi connectivity index (χ4n) is 2.23. The first-order chi connectivity index (χ1) is 9.99. The number of nitrogens with two attached hydrogens (primary N) is 1. The molecule has 3 aromatic rings. The van der Waals surface area contributed by atoms with Gasteiger partial charge in [-0.25, -0.2) is 4.98 Å². The molecule has 0 unspecified atom stereocenters. The Balaban J connectivity index is 2.32. The van der Waals surface area contributed by atoms with Crippen molar-refractivity contribution < 1.29 is 0 Å². The molecule has 1 aromatic carbocycles. The summed E-state index contributed by atoms with van der Waals surface area (Å²) in [5.41, 5.74) is 8.92. The average Bonchev–Trinajstić information content (AvgIpc) is 2.97. The van der Waals surface area contributed by atoms with Crippen LogP contribution in [0.5, 0.6) is 0 Å². The van der Waals surface area contributed by atoms with Gasteiger partial charge in [0.2, 0.25) is 0 Å². The molecule has 0 saturated heterocycles. The van der Waals surface area contributed by atoms with E-state index in [9.17, 15) is 0 Å². The number of anilines is 1. The zero-order valence-electron chi connectivity index (χ0n) is 11.5. The molecule has 0 fully saturated rings. The van der Waals surface area contributed by atoms with Crippen LogP contribution in [-0.2, 0) is 14.1 Å². The lowest BCUT2D eigenvalue weighted by atomic mass is 10.0. The van der Waals surface area contributed by atoms with Gasteiger partial charge >= 0.3 is 0 Å². The summed E-state index contributed by atoms with van der Waals surface area (Å²) in [7, 11) is 3.67. The molecular weight excluding hydrogens is 309 g/mol. The van der Waals surface area contributed by atoms with E-state index in [-0.39, 0.29) is 0 Å². The van der Waals surface area contributed by atoms with E-state index >= 15 is 0 Å². The number of hydrogen-bond donors (Lipinski definition) is 1. The second kappa shape index (κ2) is 5.09.